The molecule has 0 spiro atoms. The molecule has 0 aliphatic carbocycles. The van der Waals surface area contributed by atoms with Gasteiger partial charge in [0, 0.05) is 32.0 Å². The van der Waals surface area contributed by atoms with Gasteiger partial charge in [-0.15, -0.1) is 24.0 Å². The second-order valence-corrected chi connectivity index (χ2v) is 5.94. The van der Waals surface area contributed by atoms with Crippen molar-refractivity contribution in [1.82, 2.24) is 15.6 Å². The SMILES string of the molecule is CCNC(=NCc1ccc(F)c(C)c1)NCc1cccnc1OCCOC.I. The molecule has 1 aromatic carbocycles. The average Bonchev–Trinajstić information content (AvgIpc) is 2.67. The second kappa shape index (κ2) is 13.3. The summed E-state index contributed by atoms with van der Waals surface area (Å²) in [6.45, 7) is 6.41. The number of hydrogen-bond acceptors (Lipinski definition) is 4. The van der Waals surface area contributed by atoms with Crippen LogP contribution in [-0.4, -0.2) is 37.8 Å². The highest BCUT2D eigenvalue weighted by Gasteiger charge is 2.06. The molecule has 2 rings (SSSR count). The van der Waals surface area contributed by atoms with E-state index < -0.39 is 0 Å². The van der Waals surface area contributed by atoms with Crippen molar-refractivity contribution in [3.8, 4) is 5.88 Å². The molecule has 0 saturated carbocycles. The number of aryl methyl sites for hydroxylation is 1. The van der Waals surface area contributed by atoms with Crippen molar-refractivity contribution in [2.45, 2.75) is 26.9 Å². The van der Waals surface area contributed by atoms with Crippen molar-refractivity contribution in [2.75, 3.05) is 26.9 Å². The lowest BCUT2D eigenvalue weighted by Gasteiger charge is -2.14. The minimum absolute atomic E-state index is 0. The summed E-state index contributed by atoms with van der Waals surface area (Å²) in [6.07, 6.45) is 1.70. The zero-order chi connectivity index (χ0) is 19.5. The zero-order valence-corrected chi connectivity index (χ0v) is 18.8. The number of hydrogen-bond donors (Lipinski definition) is 2. The maximum absolute atomic E-state index is 13.4. The molecule has 8 heteroatoms. The minimum Gasteiger partial charge on any atom is -0.475 e. The van der Waals surface area contributed by atoms with Gasteiger partial charge in [0.05, 0.1) is 13.2 Å². The van der Waals surface area contributed by atoms with Crippen LogP contribution >= 0.6 is 24.0 Å². The molecule has 6 nitrogen and oxygen atoms in total. The lowest BCUT2D eigenvalue weighted by atomic mass is 10.1. The van der Waals surface area contributed by atoms with Crippen molar-refractivity contribution in [3.63, 3.8) is 0 Å². The van der Waals surface area contributed by atoms with E-state index in [1.165, 1.54) is 6.07 Å². The van der Waals surface area contributed by atoms with E-state index in [0.29, 0.717) is 43.7 Å². The summed E-state index contributed by atoms with van der Waals surface area (Å²) in [5.74, 6) is 1.04. The Morgan fingerprint density at radius 2 is 2.04 bits per heavy atom. The first-order chi connectivity index (χ1) is 13.1. The third-order valence-electron chi connectivity index (χ3n) is 3.81. The van der Waals surface area contributed by atoms with Crippen molar-refractivity contribution < 1.29 is 13.9 Å². The Labute approximate surface area is 183 Å². The van der Waals surface area contributed by atoms with Gasteiger partial charge in [0.25, 0.3) is 0 Å². The van der Waals surface area contributed by atoms with Gasteiger partial charge in [0.2, 0.25) is 5.88 Å². The van der Waals surface area contributed by atoms with E-state index in [1.54, 1.807) is 26.3 Å². The molecule has 0 aliphatic rings. The largest absolute Gasteiger partial charge is 0.475 e. The maximum Gasteiger partial charge on any atom is 0.218 e. The molecule has 0 fully saturated rings. The fourth-order valence-corrected chi connectivity index (χ4v) is 2.41. The van der Waals surface area contributed by atoms with E-state index >= 15 is 0 Å². The molecule has 154 valence electrons. The van der Waals surface area contributed by atoms with E-state index in [0.717, 1.165) is 17.7 Å². The first-order valence-electron chi connectivity index (χ1n) is 8.97. The smallest absolute Gasteiger partial charge is 0.218 e. The van der Waals surface area contributed by atoms with Crippen molar-refractivity contribution >= 4 is 29.9 Å². The van der Waals surface area contributed by atoms with Gasteiger partial charge in [0.1, 0.15) is 12.4 Å². The highest BCUT2D eigenvalue weighted by molar-refractivity contribution is 14.0. The van der Waals surface area contributed by atoms with Crippen LogP contribution in [0.5, 0.6) is 5.88 Å². The Hall–Kier alpha value is -1.94. The van der Waals surface area contributed by atoms with Crippen molar-refractivity contribution in [1.29, 1.82) is 0 Å². The lowest BCUT2D eigenvalue weighted by Crippen LogP contribution is -2.37. The number of nitrogens with zero attached hydrogens (tertiary/aromatic N) is 2. The zero-order valence-electron chi connectivity index (χ0n) is 16.5. The molecular formula is C20H28FIN4O2. The van der Waals surface area contributed by atoms with E-state index in [2.05, 4.69) is 20.6 Å². The van der Waals surface area contributed by atoms with Crippen LogP contribution in [0.4, 0.5) is 4.39 Å². The summed E-state index contributed by atoms with van der Waals surface area (Å²) in [5, 5.41) is 6.48. The standard InChI is InChI=1S/C20H27FN4O2.HI/c1-4-22-20(24-13-16-7-8-18(21)15(2)12-16)25-14-17-6-5-9-23-19(17)27-11-10-26-3;/h5-9,12H,4,10-11,13-14H2,1-3H3,(H2,22,24,25);1H. The highest BCUT2D eigenvalue weighted by Crippen LogP contribution is 2.14. The van der Waals surface area contributed by atoms with Gasteiger partial charge in [0.15, 0.2) is 5.96 Å². The van der Waals surface area contributed by atoms with Crippen LogP contribution in [0.3, 0.4) is 0 Å². The van der Waals surface area contributed by atoms with Gasteiger partial charge in [-0.05, 0) is 37.1 Å². The summed E-state index contributed by atoms with van der Waals surface area (Å²) >= 11 is 0. The van der Waals surface area contributed by atoms with Crippen LogP contribution < -0.4 is 15.4 Å². The van der Waals surface area contributed by atoms with Crippen LogP contribution in [0.2, 0.25) is 0 Å². The second-order valence-electron chi connectivity index (χ2n) is 5.94. The van der Waals surface area contributed by atoms with E-state index in [-0.39, 0.29) is 29.8 Å². The summed E-state index contributed by atoms with van der Waals surface area (Å²) < 4.78 is 24.0. The number of ether oxygens (including phenoxy) is 2. The van der Waals surface area contributed by atoms with Crippen molar-refractivity contribution in [3.05, 3.63) is 59.0 Å². The molecular weight excluding hydrogens is 474 g/mol. The topological polar surface area (TPSA) is 67.8 Å². The van der Waals surface area contributed by atoms with E-state index in [9.17, 15) is 4.39 Å². The van der Waals surface area contributed by atoms with Gasteiger partial charge in [-0.25, -0.2) is 14.4 Å². The predicted octanol–water partition coefficient (Wildman–Crippen LogP) is 3.43. The van der Waals surface area contributed by atoms with Crippen molar-refractivity contribution in [2.24, 2.45) is 4.99 Å². The molecule has 0 amide bonds. The van der Waals surface area contributed by atoms with Crippen LogP contribution in [0.25, 0.3) is 0 Å². The fourth-order valence-electron chi connectivity index (χ4n) is 2.41. The number of rotatable bonds is 9. The summed E-state index contributed by atoms with van der Waals surface area (Å²) in [5.41, 5.74) is 2.50. The van der Waals surface area contributed by atoms with E-state index in [4.69, 9.17) is 9.47 Å². The maximum atomic E-state index is 13.4. The third-order valence-corrected chi connectivity index (χ3v) is 3.81. The molecule has 0 atom stereocenters. The molecule has 1 heterocycles. The van der Waals surface area contributed by atoms with Crippen LogP contribution in [0, 0.1) is 12.7 Å². The number of aliphatic imine (C=N–C) groups is 1. The Morgan fingerprint density at radius 1 is 1.21 bits per heavy atom. The number of guanidine groups is 1. The predicted molar refractivity (Wildman–Crippen MR) is 120 cm³/mol. The molecule has 0 bridgehead atoms. The molecule has 2 N–H and O–H groups in total. The monoisotopic (exact) mass is 502 g/mol. The fraction of sp³-hybridized carbons (Fsp3) is 0.400. The summed E-state index contributed by atoms with van der Waals surface area (Å²) in [6, 6.07) is 8.85. The molecule has 1 aromatic heterocycles. The highest BCUT2D eigenvalue weighted by atomic mass is 127. The van der Waals surface area contributed by atoms with Crippen LogP contribution in [0.1, 0.15) is 23.6 Å². The Bertz CT molecular complexity index is 759. The van der Waals surface area contributed by atoms with Crippen LogP contribution in [0.15, 0.2) is 41.5 Å². The Kier molecular flexibility index (Phi) is 11.4. The average molecular weight is 502 g/mol. The number of pyridine rings is 1. The van der Waals surface area contributed by atoms with E-state index in [1.807, 2.05) is 25.1 Å². The van der Waals surface area contributed by atoms with Gasteiger partial charge >= 0.3 is 0 Å². The molecule has 0 aliphatic heterocycles. The van der Waals surface area contributed by atoms with Gasteiger partial charge in [-0.1, -0.05) is 18.2 Å². The molecule has 0 saturated heterocycles. The number of aromatic nitrogens is 1. The number of methoxy groups -OCH3 is 1. The van der Waals surface area contributed by atoms with Gasteiger partial charge in [-0.2, -0.15) is 0 Å². The number of benzene rings is 1. The Morgan fingerprint density at radius 3 is 2.75 bits per heavy atom. The Balaban J connectivity index is 0.00000392. The third kappa shape index (κ3) is 7.97. The van der Waals surface area contributed by atoms with Crippen LogP contribution in [-0.2, 0) is 17.8 Å². The molecule has 0 unspecified atom stereocenters. The van der Waals surface area contributed by atoms with Gasteiger partial charge < -0.3 is 20.1 Å². The molecule has 2 aromatic rings. The first kappa shape index (κ1) is 24.1. The van der Waals surface area contributed by atoms with Gasteiger partial charge in [-0.3, -0.25) is 0 Å². The number of halogens is 2. The minimum atomic E-state index is -0.203. The summed E-state index contributed by atoms with van der Waals surface area (Å²) in [7, 11) is 1.63. The molecule has 0 radical (unpaired) electrons. The summed E-state index contributed by atoms with van der Waals surface area (Å²) in [4.78, 5) is 8.84. The first-order valence-corrected chi connectivity index (χ1v) is 8.97. The normalized spacial score (nSPS) is 10.9. The number of nitrogens with one attached hydrogen (secondary N) is 2. The molecule has 28 heavy (non-hydrogen) atoms. The lowest BCUT2D eigenvalue weighted by molar-refractivity contribution is 0.143. The quantitative estimate of drug-likeness (QED) is 0.238.